The smallest absolute Gasteiger partial charge is 0.224 e. The largest absolute Gasteiger partial charge is 0.347 e. The van der Waals surface area contributed by atoms with Crippen molar-refractivity contribution in [2.75, 3.05) is 0 Å². The lowest BCUT2D eigenvalue weighted by Gasteiger charge is -2.27. The maximum atomic E-state index is 12.5. The highest BCUT2D eigenvalue weighted by Gasteiger charge is 2.45. The Bertz CT molecular complexity index is 754. The van der Waals surface area contributed by atoms with Crippen molar-refractivity contribution in [1.82, 2.24) is 15.1 Å². The second-order valence-corrected chi connectivity index (χ2v) is 7.45. The fraction of sp³-hybridized carbons (Fsp3) is 0.412. The van der Waals surface area contributed by atoms with Gasteiger partial charge in [-0.1, -0.05) is 29.3 Å². The lowest BCUT2D eigenvalue weighted by molar-refractivity contribution is -0.124. The fourth-order valence-electron chi connectivity index (χ4n) is 2.84. The Morgan fingerprint density at radius 1 is 1.35 bits per heavy atom. The van der Waals surface area contributed by atoms with Crippen LogP contribution in [0.4, 0.5) is 0 Å². The third-order valence-electron chi connectivity index (χ3n) is 4.36. The van der Waals surface area contributed by atoms with Crippen molar-refractivity contribution in [2.45, 2.75) is 31.7 Å². The van der Waals surface area contributed by atoms with E-state index in [-0.39, 0.29) is 17.7 Å². The average Bonchev–Trinajstić information content (AvgIpc) is 3.17. The number of carbonyl (C=O) groups excluding carboxylic acids is 1. The lowest BCUT2D eigenvalue weighted by Crippen LogP contribution is -2.42. The van der Waals surface area contributed by atoms with Gasteiger partial charge in [0.1, 0.15) is 0 Å². The zero-order chi connectivity index (χ0) is 16.8. The molecule has 1 amide bonds. The van der Waals surface area contributed by atoms with Crippen molar-refractivity contribution in [1.29, 1.82) is 0 Å². The molecule has 1 heterocycles. The summed E-state index contributed by atoms with van der Waals surface area (Å²) < 4.78 is 1.77. The Kier molecular flexibility index (Phi) is 4.15. The SMILES string of the molecule is Cn1cc([C@@H]2C[C@H]2C(=O)NC(C)(C)c2ccc(Cl)c(Cl)c2)cn1. The number of hydrogen-bond acceptors (Lipinski definition) is 2. The van der Waals surface area contributed by atoms with Gasteiger partial charge in [0.05, 0.1) is 21.8 Å². The van der Waals surface area contributed by atoms with Gasteiger partial charge in [0.25, 0.3) is 0 Å². The fourth-order valence-corrected chi connectivity index (χ4v) is 3.14. The molecule has 1 N–H and O–H groups in total. The van der Waals surface area contributed by atoms with Crippen molar-refractivity contribution in [3.05, 3.63) is 51.8 Å². The van der Waals surface area contributed by atoms with E-state index in [0.717, 1.165) is 17.5 Å². The Hall–Kier alpha value is -1.52. The predicted molar refractivity (Wildman–Crippen MR) is 91.7 cm³/mol. The van der Waals surface area contributed by atoms with Crippen molar-refractivity contribution >= 4 is 29.1 Å². The third kappa shape index (κ3) is 3.38. The molecule has 0 bridgehead atoms. The van der Waals surface area contributed by atoms with E-state index in [1.807, 2.05) is 39.4 Å². The molecule has 1 saturated carbocycles. The minimum atomic E-state index is -0.507. The number of carbonyl (C=O) groups is 1. The first-order chi connectivity index (χ1) is 10.8. The van der Waals surface area contributed by atoms with Gasteiger partial charge in [-0.15, -0.1) is 0 Å². The van der Waals surface area contributed by atoms with Crippen LogP contribution in [0.3, 0.4) is 0 Å². The van der Waals surface area contributed by atoms with Gasteiger partial charge in [0.2, 0.25) is 5.91 Å². The van der Waals surface area contributed by atoms with Crippen molar-refractivity contribution in [3.63, 3.8) is 0 Å². The summed E-state index contributed by atoms with van der Waals surface area (Å²) in [6, 6.07) is 5.44. The number of nitrogens with one attached hydrogen (secondary N) is 1. The molecule has 0 radical (unpaired) electrons. The van der Waals surface area contributed by atoms with Crippen LogP contribution in [0.5, 0.6) is 0 Å². The predicted octanol–water partition coefficient (Wildman–Crippen LogP) is 3.88. The minimum Gasteiger partial charge on any atom is -0.347 e. The Morgan fingerprint density at radius 2 is 2.09 bits per heavy atom. The highest BCUT2D eigenvalue weighted by Crippen LogP contribution is 2.47. The average molecular weight is 352 g/mol. The van der Waals surface area contributed by atoms with E-state index in [4.69, 9.17) is 23.2 Å². The summed E-state index contributed by atoms with van der Waals surface area (Å²) in [5.41, 5.74) is 1.55. The summed E-state index contributed by atoms with van der Waals surface area (Å²) in [6.07, 6.45) is 4.68. The maximum absolute atomic E-state index is 12.5. The number of amides is 1. The van der Waals surface area contributed by atoms with E-state index in [2.05, 4.69) is 10.4 Å². The zero-order valence-electron chi connectivity index (χ0n) is 13.3. The van der Waals surface area contributed by atoms with Crippen LogP contribution in [0.25, 0.3) is 0 Å². The van der Waals surface area contributed by atoms with Crippen LogP contribution in [-0.4, -0.2) is 15.7 Å². The van der Waals surface area contributed by atoms with Crippen LogP contribution < -0.4 is 5.32 Å². The van der Waals surface area contributed by atoms with Gasteiger partial charge in [0, 0.05) is 19.2 Å². The molecule has 3 rings (SSSR count). The molecule has 4 nitrogen and oxygen atoms in total. The second-order valence-electron chi connectivity index (χ2n) is 6.64. The van der Waals surface area contributed by atoms with Gasteiger partial charge in [0.15, 0.2) is 0 Å². The first-order valence-corrected chi connectivity index (χ1v) is 8.29. The summed E-state index contributed by atoms with van der Waals surface area (Å²) in [4.78, 5) is 12.5. The Balaban J connectivity index is 1.68. The summed E-state index contributed by atoms with van der Waals surface area (Å²) in [5, 5.41) is 8.29. The summed E-state index contributed by atoms with van der Waals surface area (Å²) >= 11 is 12.0. The van der Waals surface area contributed by atoms with Gasteiger partial charge in [-0.2, -0.15) is 5.10 Å². The standard InChI is InChI=1S/C17H19Cl2N3O/c1-17(2,11-4-5-14(18)15(19)6-11)21-16(23)13-7-12(13)10-8-20-22(3)9-10/h4-6,8-9,12-13H,7H2,1-3H3,(H,21,23)/t12-,13+/m0/s1. The number of benzene rings is 1. The molecule has 1 fully saturated rings. The molecular weight excluding hydrogens is 333 g/mol. The van der Waals surface area contributed by atoms with Crippen LogP contribution >= 0.6 is 23.2 Å². The molecule has 0 saturated heterocycles. The molecule has 1 aliphatic carbocycles. The Labute approximate surface area is 145 Å². The van der Waals surface area contributed by atoms with Crippen molar-refractivity contribution in [3.8, 4) is 0 Å². The molecule has 122 valence electrons. The third-order valence-corrected chi connectivity index (χ3v) is 5.10. The number of rotatable bonds is 4. The van der Waals surface area contributed by atoms with E-state index in [1.54, 1.807) is 16.8 Å². The second kappa shape index (κ2) is 5.84. The molecule has 6 heteroatoms. The van der Waals surface area contributed by atoms with Crippen molar-refractivity contribution in [2.24, 2.45) is 13.0 Å². The van der Waals surface area contributed by atoms with Crippen molar-refractivity contribution < 1.29 is 4.79 Å². The quantitative estimate of drug-likeness (QED) is 0.908. The molecule has 2 aromatic rings. The molecule has 0 unspecified atom stereocenters. The molecule has 0 spiro atoms. The number of halogens is 2. The van der Waals surface area contributed by atoms with Gasteiger partial charge >= 0.3 is 0 Å². The molecular formula is C17H19Cl2N3O. The maximum Gasteiger partial charge on any atom is 0.224 e. The number of hydrogen-bond donors (Lipinski definition) is 1. The van der Waals surface area contributed by atoms with E-state index in [1.165, 1.54) is 0 Å². The molecule has 0 aliphatic heterocycles. The number of nitrogens with zero attached hydrogens (tertiary/aromatic N) is 2. The highest BCUT2D eigenvalue weighted by molar-refractivity contribution is 6.42. The molecule has 1 aromatic carbocycles. The normalized spacial score (nSPS) is 20.4. The van der Waals surface area contributed by atoms with Crippen LogP contribution in [-0.2, 0) is 17.4 Å². The van der Waals surface area contributed by atoms with Gasteiger partial charge < -0.3 is 5.32 Å². The van der Waals surface area contributed by atoms with Crippen LogP contribution in [0.15, 0.2) is 30.6 Å². The summed E-state index contributed by atoms with van der Waals surface area (Å²) in [7, 11) is 1.88. The van der Waals surface area contributed by atoms with Crippen LogP contribution in [0, 0.1) is 5.92 Å². The number of aromatic nitrogens is 2. The first kappa shape index (κ1) is 16.3. The highest BCUT2D eigenvalue weighted by atomic mass is 35.5. The van der Waals surface area contributed by atoms with E-state index < -0.39 is 5.54 Å². The zero-order valence-corrected chi connectivity index (χ0v) is 14.8. The van der Waals surface area contributed by atoms with Crippen LogP contribution in [0.1, 0.15) is 37.3 Å². The monoisotopic (exact) mass is 351 g/mol. The van der Waals surface area contributed by atoms with Crippen LogP contribution in [0.2, 0.25) is 10.0 Å². The summed E-state index contributed by atoms with van der Waals surface area (Å²) in [6.45, 7) is 3.93. The van der Waals surface area contributed by atoms with Gasteiger partial charge in [-0.05, 0) is 49.4 Å². The van der Waals surface area contributed by atoms with E-state index in [0.29, 0.717) is 10.0 Å². The molecule has 1 aliphatic rings. The lowest BCUT2D eigenvalue weighted by atomic mass is 9.94. The Morgan fingerprint density at radius 3 is 2.70 bits per heavy atom. The van der Waals surface area contributed by atoms with Gasteiger partial charge in [-0.3, -0.25) is 9.48 Å². The van der Waals surface area contributed by atoms with Gasteiger partial charge in [-0.25, -0.2) is 0 Å². The number of aryl methyl sites for hydroxylation is 1. The minimum absolute atomic E-state index is 0.0150. The van der Waals surface area contributed by atoms with E-state index >= 15 is 0 Å². The van der Waals surface area contributed by atoms with E-state index in [9.17, 15) is 4.79 Å². The molecule has 1 aromatic heterocycles. The molecule has 23 heavy (non-hydrogen) atoms. The first-order valence-electron chi connectivity index (χ1n) is 7.54. The molecule has 2 atom stereocenters. The summed E-state index contributed by atoms with van der Waals surface area (Å²) in [5.74, 6) is 0.351. The topological polar surface area (TPSA) is 46.9 Å².